The fourth-order valence-electron chi connectivity index (χ4n) is 5.23. The van der Waals surface area contributed by atoms with Crippen LogP contribution in [0.2, 0.25) is 0 Å². The molecule has 2 aromatic carbocycles. The summed E-state index contributed by atoms with van der Waals surface area (Å²) in [5.74, 6) is 0. The normalized spacial score (nSPS) is 17.6. The quantitative estimate of drug-likeness (QED) is 0.286. The largest absolute Gasteiger partial charge is 0.418 e. The molecule has 0 unspecified atom stereocenters. The Morgan fingerprint density at radius 2 is 1.63 bits per heavy atom. The third kappa shape index (κ3) is 4.51. The number of hydrogen-bond donors (Lipinski definition) is 1. The molecule has 0 bridgehead atoms. The zero-order chi connectivity index (χ0) is 27.2. The lowest BCUT2D eigenvalue weighted by molar-refractivity contribution is -0.137. The summed E-state index contributed by atoms with van der Waals surface area (Å²) < 4.78 is 43.5. The van der Waals surface area contributed by atoms with Gasteiger partial charge in [-0.25, -0.2) is 0 Å². The first kappa shape index (κ1) is 25.8. The zero-order valence-corrected chi connectivity index (χ0v) is 22.3. The smallest absolute Gasteiger partial charge is 0.378 e. The number of nitrogens with zero attached hydrogens (tertiary/aromatic N) is 4. The van der Waals surface area contributed by atoms with E-state index in [9.17, 15) is 13.2 Å². The van der Waals surface area contributed by atoms with Crippen molar-refractivity contribution in [2.75, 3.05) is 23.9 Å². The molecule has 1 saturated heterocycles. The average molecular weight is 536 g/mol. The van der Waals surface area contributed by atoms with Crippen LogP contribution in [0.5, 0.6) is 0 Å². The van der Waals surface area contributed by atoms with Crippen molar-refractivity contribution in [3.8, 4) is 5.69 Å². The molecular weight excluding hydrogens is 507 g/mol. The van der Waals surface area contributed by atoms with Gasteiger partial charge in [0.25, 0.3) is 0 Å². The second kappa shape index (κ2) is 9.79. The van der Waals surface area contributed by atoms with Crippen LogP contribution in [-0.2, 0) is 6.18 Å². The lowest BCUT2D eigenvalue weighted by atomic mass is 9.96. The molecule has 2 aromatic heterocycles. The number of alkyl halides is 3. The molecule has 2 atom stereocenters. The number of rotatable bonds is 5. The molecule has 1 fully saturated rings. The van der Waals surface area contributed by atoms with Gasteiger partial charge in [-0.1, -0.05) is 18.2 Å². The van der Waals surface area contributed by atoms with Crippen LogP contribution >= 0.6 is 12.2 Å². The monoisotopic (exact) mass is 535 g/mol. The lowest BCUT2D eigenvalue weighted by Gasteiger charge is -2.28. The number of aryl methyl sites for hydroxylation is 1. The van der Waals surface area contributed by atoms with Gasteiger partial charge in [0.05, 0.1) is 29.0 Å². The Hall–Kier alpha value is -3.85. The highest BCUT2D eigenvalue weighted by Gasteiger charge is 2.43. The molecule has 1 aliphatic heterocycles. The van der Waals surface area contributed by atoms with Crippen molar-refractivity contribution >= 4 is 28.7 Å². The Kier molecular flexibility index (Phi) is 6.65. The third-order valence-corrected chi connectivity index (χ3v) is 7.30. The third-order valence-electron chi connectivity index (χ3n) is 6.98. The van der Waals surface area contributed by atoms with E-state index in [0.29, 0.717) is 16.5 Å². The first-order valence-corrected chi connectivity index (χ1v) is 12.6. The van der Waals surface area contributed by atoms with Crippen LogP contribution in [0.15, 0.2) is 79.0 Å². The molecule has 0 spiro atoms. The molecule has 196 valence electrons. The molecule has 0 aliphatic carbocycles. The maximum atomic E-state index is 14.0. The van der Waals surface area contributed by atoms with E-state index in [2.05, 4.69) is 10.3 Å². The van der Waals surface area contributed by atoms with Crippen molar-refractivity contribution in [2.24, 2.45) is 0 Å². The summed E-state index contributed by atoms with van der Waals surface area (Å²) in [6, 6.07) is 20.8. The second-order valence-electron chi connectivity index (χ2n) is 9.58. The van der Waals surface area contributed by atoms with Crippen molar-refractivity contribution in [2.45, 2.75) is 32.1 Å². The molecule has 4 aromatic rings. The second-order valence-corrected chi connectivity index (χ2v) is 9.97. The van der Waals surface area contributed by atoms with Gasteiger partial charge in [0.1, 0.15) is 0 Å². The number of benzene rings is 2. The number of thiocarbonyl (C=S) groups is 1. The highest BCUT2D eigenvalue weighted by Crippen LogP contribution is 2.44. The van der Waals surface area contributed by atoms with Crippen LogP contribution in [0, 0.1) is 13.8 Å². The maximum Gasteiger partial charge on any atom is 0.418 e. The van der Waals surface area contributed by atoms with Crippen molar-refractivity contribution < 1.29 is 13.2 Å². The number of halogens is 3. The maximum absolute atomic E-state index is 14.0. The van der Waals surface area contributed by atoms with Gasteiger partial charge < -0.3 is 19.7 Å². The number of para-hydroxylation sites is 1. The van der Waals surface area contributed by atoms with Gasteiger partial charge in [0.2, 0.25) is 0 Å². The van der Waals surface area contributed by atoms with E-state index in [1.807, 2.05) is 86.3 Å². The van der Waals surface area contributed by atoms with Crippen LogP contribution < -0.4 is 15.1 Å². The van der Waals surface area contributed by atoms with Gasteiger partial charge in [-0.05, 0) is 86.2 Å². The number of anilines is 2. The molecule has 5 nitrogen and oxygen atoms in total. The predicted molar refractivity (Wildman–Crippen MR) is 149 cm³/mol. The first-order chi connectivity index (χ1) is 18.1. The molecule has 5 rings (SSSR count). The van der Waals surface area contributed by atoms with Crippen LogP contribution in [0.4, 0.5) is 24.5 Å². The Labute approximate surface area is 225 Å². The summed E-state index contributed by atoms with van der Waals surface area (Å²) in [6.07, 6.45) is -2.75. The number of hydrogen-bond acceptors (Lipinski definition) is 3. The molecule has 38 heavy (non-hydrogen) atoms. The first-order valence-electron chi connectivity index (χ1n) is 12.2. The molecule has 1 N–H and O–H groups in total. The van der Waals surface area contributed by atoms with E-state index in [1.165, 1.54) is 12.1 Å². The van der Waals surface area contributed by atoms with E-state index in [1.54, 1.807) is 16.8 Å². The fourth-order valence-corrected chi connectivity index (χ4v) is 5.57. The molecule has 3 heterocycles. The Bertz CT molecular complexity index is 1460. The zero-order valence-electron chi connectivity index (χ0n) is 21.5. The summed E-state index contributed by atoms with van der Waals surface area (Å²) in [4.78, 5) is 8.64. The Morgan fingerprint density at radius 1 is 0.947 bits per heavy atom. The topological polar surface area (TPSA) is 36.3 Å². The molecule has 0 amide bonds. The van der Waals surface area contributed by atoms with Gasteiger partial charge in [-0.3, -0.25) is 4.98 Å². The summed E-state index contributed by atoms with van der Waals surface area (Å²) in [5, 5.41) is 3.96. The lowest BCUT2D eigenvalue weighted by Crippen LogP contribution is -2.29. The van der Waals surface area contributed by atoms with Crippen molar-refractivity contribution in [1.29, 1.82) is 0 Å². The molecule has 1 aliphatic rings. The van der Waals surface area contributed by atoms with E-state index < -0.39 is 11.7 Å². The number of aromatic nitrogens is 2. The van der Waals surface area contributed by atoms with E-state index in [4.69, 9.17) is 12.2 Å². The molecular formula is C29H28F3N5S. The Balaban J connectivity index is 1.68. The summed E-state index contributed by atoms with van der Waals surface area (Å²) in [7, 11) is 3.95. The van der Waals surface area contributed by atoms with Gasteiger partial charge in [0, 0.05) is 43.1 Å². The minimum absolute atomic E-state index is 0.103. The van der Waals surface area contributed by atoms with Crippen LogP contribution in [0.25, 0.3) is 5.69 Å². The van der Waals surface area contributed by atoms with E-state index in [-0.39, 0.29) is 17.8 Å². The fraction of sp³-hybridized carbons (Fsp3) is 0.241. The molecule has 0 radical (unpaired) electrons. The summed E-state index contributed by atoms with van der Waals surface area (Å²) in [6.45, 7) is 3.69. The van der Waals surface area contributed by atoms with Crippen molar-refractivity contribution in [1.82, 2.24) is 14.9 Å². The number of nitrogens with one attached hydrogen (secondary N) is 1. The van der Waals surface area contributed by atoms with E-state index in [0.717, 1.165) is 28.7 Å². The summed E-state index contributed by atoms with van der Waals surface area (Å²) >= 11 is 5.83. The van der Waals surface area contributed by atoms with E-state index >= 15 is 0 Å². The van der Waals surface area contributed by atoms with Gasteiger partial charge in [0.15, 0.2) is 5.11 Å². The van der Waals surface area contributed by atoms with Crippen LogP contribution in [-0.4, -0.2) is 28.8 Å². The SMILES string of the molecule is Cc1cc([C@H]2[C@@H](c3ccccn3)NC(=S)N2c2ccc(N(C)C)cc2)c(C)n1-c1ccccc1C(F)(F)F. The highest BCUT2D eigenvalue weighted by molar-refractivity contribution is 7.80. The van der Waals surface area contributed by atoms with Gasteiger partial charge >= 0.3 is 6.18 Å². The average Bonchev–Trinajstić information content (AvgIpc) is 3.39. The predicted octanol–water partition coefficient (Wildman–Crippen LogP) is 6.75. The minimum atomic E-state index is -4.48. The highest BCUT2D eigenvalue weighted by atomic mass is 32.1. The summed E-state index contributed by atoms with van der Waals surface area (Å²) in [5.41, 5.74) is 4.45. The molecule has 9 heteroatoms. The number of pyridine rings is 1. The standard InChI is InChI=1S/C29H28F3N5S/c1-18-17-22(19(2)36(18)25-11-6-5-9-23(25)29(30,31)32)27-26(24-10-7-8-16-33-24)34-28(38)37(27)21-14-12-20(13-15-21)35(3)4/h5-17,26-27H,1-4H3,(H,34,38)/t26-,27+/m1/s1. The van der Waals surface area contributed by atoms with Crippen molar-refractivity contribution in [3.05, 3.63) is 107 Å². The van der Waals surface area contributed by atoms with Gasteiger partial charge in [-0.2, -0.15) is 13.2 Å². The van der Waals surface area contributed by atoms with Gasteiger partial charge in [-0.15, -0.1) is 0 Å². The van der Waals surface area contributed by atoms with Crippen LogP contribution in [0.1, 0.15) is 40.3 Å². The van der Waals surface area contributed by atoms with Crippen molar-refractivity contribution in [3.63, 3.8) is 0 Å². The minimum Gasteiger partial charge on any atom is -0.378 e. The Morgan fingerprint density at radius 3 is 2.26 bits per heavy atom. The van der Waals surface area contributed by atoms with Crippen LogP contribution in [0.3, 0.4) is 0 Å². The molecule has 0 saturated carbocycles.